The van der Waals surface area contributed by atoms with Crippen molar-refractivity contribution in [2.45, 2.75) is 12.8 Å². The van der Waals surface area contributed by atoms with Gasteiger partial charge in [0.2, 0.25) is 0 Å². The number of benzene rings is 1. The first-order valence-electron chi connectivity index (χ1n) is 6.15. The van der Waals surface area contributed by atoms with Gasteiger partial charge in [-0.15, -0.1) is 0 Å². The molecule has 106 valence electrons. The molecule has 0 aliphatic carbocycles. The number of nitrogens with one attached hydrogen (secondary N) is 1. The van der Waals surface area contributed by atoms with Crippen molar-refractivity contribution in [3.05, 3.63) is 41.6 Å². The number of rotatable bonds is 4. The van der Waals surface area contributed by atoms with Crippen LogP contribution in [0.25, 0.3) is 10.9 Å². The van der Waals surface area contributed by atoms with Gasteiger partial charge in [-0.25, -0.2) is 8.78 Å². The maximum absolute atomic E-state index is 13.1. The zero-order valence-electron chi connectivity index (χ0n) is 11.0. The first-order valence-corrected chi connectivity index (χ1v) is 6.15. The Morgan fingerprint density at radius 3 is 2.80 bits per heavy atom. The van der Waals surface area contributed by atoms with Gasteiger partial charge in [-0.1, -0.05) is 18.2 Å². The number of amides is 1. The third-order valence-corrected chi connectivity index (χ3v) is 2.91. The summed E-state index contributed by atoms with van der Waals surface area (Å²) in [7, 11) is 0. The van der Waals surface area contributed by atoms with E-state index >= 15 is 0 Å². The highest BCUT2D eigenvalue weighted by Crippen LogP contribution is 2.17. The monoisotopic (exact) mass is 279 g/mol. The molecule has 3 N–H and O–H groups in total. The highest BCUT2D eigenvalue weighted by atomic mass is 19.3. The van der Waals surface area contributed by atoms with Crippen molar-refractivity contribution in [3.8, 4) is 0 Å². The number of carbonyl (C=O) groups excluding carboxylic acids is 1. The van der Waals surface area contributed by atoms with E-state index in [0.717, 1.165) is 11.1 Å². The van der Waals surface area contributed by atoms with E-state index in [1.165, 1.54) is 0 Å². The van der Waals surface area contributed by atoms with Crippen molar-refractivity contribution in [3.63, 3.8) is 0 Å². The summed E-state index contributed by atoms with van der Waals surface area (Å²) in [5.74, 6) is -3.69. The second-order valence-electron chi connectivity index (χ2n) is 4.57. The van der Waals surface area contributed by atoms with E-state index in [9.17, 15) is 13.6 Å². The summed E-state index contributed by atoms with van der Waals surface area (Å²) in [4.78, 5) is 16.3. The molecule has 0 spiro atoms. The molecule has 4 nitrogen and oxygen atoms in total. The summed E-state index contributed by atoms with van der Waals surface area (Å²) in [5, 5.41) is 2.98. The standard InChI is InChI=1S/C14H15F2N3O/c1-9-5-6-10-3-2-4-11(12(10)19-9)13(20)18-8-14(15,16)7-17/h2-6H,7-8,17H2,1H3,(H,18,20). The number of alkyl halides is 2. The fourth-order valence-electron chi connectivity index (χ4n) is 1.80. The highest BCUT2D eigenvalue weighted by molar-refractivity contribution is 6.05. The molecule has 0 saturated heterocycles. The largest absolute Gasteiger partial charge is 0.346 e. The minimum Gasteiger partial charge on any atom is -0.346 e. The maximum Gasteiger partial charge on any atom is 0.277 e. The Bertz CT molecular complexity index is 643. The number of aromatic nitrogens is 1. The SMILES string of the molecule is Cc1ccc2cccc(C(=O)NCC(F)(F)CN)c2n1. The second kappa shape index (κ2) is 5.50. The Morgan fingerprint density at radius 1 is 1.35 bits per heavy atom. The highest BCUT2D eigenvalue weighted by Gasteiger charge is 2.27. The first kappa shape index (κ1) is 14.3. The van der Waals surface area contributed by atoms with E-state index in [0.29, 0.717) is 5.52 Å². The van der Waals surface area contributed by atoms with E-state index in [1.807, 2.05) is 18.2 Å². The van der Waals surface area contributed by atoms with Gasteiger partial charge >= 0.3 is 0 Å². The maximum atomic E-state index is 13.1. The van der Waals surface area contributed by atoms with Crippen molar-refractivity contribution in [1.29, 1.82) is 0 Å². The van der Waals surface area contributed by atoms with E-state index in [2.05, 4.69) is 10.3 Å². The molecule has 0 atom stereocenters. The summed E-state index contributed by atoms with van der Waals surface area (Å²) in [6, 6.07) is 8.72. The van der Waals surface area contributed by atoms with Gasteiger partial charge in [0.25, 0.3) is 11.8 Å². The van der Waals surface area contributed by atoms with Crippen LogP contribution in [-0.2, 0) is 0 Å². The number of pyridine rings is 1. The summed E-state index contributed by atoms with van der Waals surface area (Å²) in [5.41, 5.74) is 6.46. The number of fused-ring (bicyclic) bond motifs is 1. The predicted octanol–water partition coefficient (Wildman–Crippen LogP) is 1.87. The summed E-state index contributed by atoms with van der Waals surface area (Å²) in [6.07, 6.45) is 0. The molecular formula is C14H15F2N3O. The van der Waals surface area contributed by atoms with Crippen LogP contribution in [-0.4, -0.2) is 29.9 Å². The lowest BCUT2D eigenvalue weighted by Crippen LogP contribution is -2.41. The second-order valence-corrected chi connectivity index (χ2v) is 4.57. The van der Waals surface area contributed by atoms with Gasteiger partial charge in [-0.3, -0.25) is 9.78 Å². The van der Waals surface area contributed by atoms with Gasteiger partial charge in [0.15, 0.2) is 0 Å². The molecule has 2 rings (SSSR count). The van der Waals surface area contributed by atoms with Crippen LogP contribution < -0.4 is 11.1 Å². The molecule has 0 fully saturated rings. The van der Waals surface area contributed by atoms with Crippen molar-refractivity contribution in [2.24, 2.45) is 5.73 Å². The number of hydrogen-bond acceptors (Lipinski definition) is 3. The molecule has 0 aliphatic rings. The molecule has 20 heavy (non-hydrogen) atoms. The Kier molecular flexibility index (Phi) is 3.94. The van der Waals surface area contributed by atoms with Crippen molar-refractivity contribution >= 4 is 16.8 Å². The molecule has 1 aromatic heterocycles. The van der Waals surface area contributed by atoms with Crippen LogP contribution in [0.4, 0.5) is 8.78 Å². The van der Waals surface area contributed by atoms with E-state index in [-0.39, 0.29) is 5.56 Å². The van der Waals surface area contributed by atoms with Gasteiger partial charge in [0, 0.05) is 11.1 Å². The van der Waals surface area contributed by atoms with Crippen LogP contribution in [0.1, 0.15) is 16.1 Å². The lowest BCUT2D eigenvalue weighted by Gasteiger charge is -2.15. The summed E-state index contributed by atoms with van der Waals surface area (Å²) >= 11 is 0. The van der Waals surface area contributed by atoms with Crippen molar-refractivity contribution < 1.29 is 13.6 Å². The molecule has 1 heterocycles. The van der Waals surface area contributed by atoms with Crippen LogP contribution in [0.15, 0.2) is 30.3 Å². The number of hydrogen-bond donors (Lipinski definition) is 2. The van der Waals surface area contributed by atoms with Crippen LogP contribution in [0.3, 0.4) is 0 Å². The minimum atomic E-state index is -3.11. The molecule has 6 heteroatoms. The molecule has 1 aromatic carbocycles. The lowest BCUT2D eigenvalue weighted by atomic mass is 10.1. The third kappa shape index (κ3) is 3.08. The Morgan fingerprint density at radius 2 is 2.10 bits per heavy atom. The molecule has 1 amide bonds. The van der Waals surface area contributed by atoms with E-state index < -0.39 is 24.9 Å². The molecule has 0 aliphatic heterocycles. The van der Waals surface area contributed by atoms with Crippen molar-refractivity contribution in [2.75, 3.05) is 13.1 Å². The van der Waals surface area contributed by atoms with Gasteiger partial charge in [-0.05, 0) is 19.1 Å². The number of aryl methyl sites for hydroxylation is 1. The van der Waals surface area contributed by atoms with E-state index in [4.69, 9.17) is 5.73 Å². The molecule has 0 bridgehead atoms. The Hall–Kier alpha value is -2.08. The van der Waals surface area contributed by atoms with Crippen molar-refractivity contribution in [1.82, 2.24) is 10.3 Å². The smallest absolute Gasteiger partial charge is 0.277 e. The average Bonchev–Trinajstić information content (AvgIpc) is 2.44. The normalized spacial score (nSPS) is 11.6. The molecular weight excluding hydrogens is 264 g/mol. The van der Waals surface area contributed by atoms with Gasteiger partial charge < -0.3 is 11.1 Å². The van der Waals surface area contributed by atoms with Gasteiger partial charge in [0.05, 0.1) is 24.2 Å². The first-order chi connectivity index (χ1) is 9.43. The molecule has 2 aromatic rings. The lowest BCUT2D eigenvalue weighted by molar-refractivity contribution is 0.0119. The summed E-state index contributed by atoms with van der Waals surface area (Å²) < 4.78 is 26.1. The van der Waals surface area contributed by atoms with Gasteiger partial charge in [-0.2, -0.15) is 0 Å². The number of nitrogens with zero attached hydrogens (tertiary/aromatic N) is 1. The third-order valence-electron chi connectivity index (χ3n) is 2.91. The van der Waals surface area contributed by atoms with Crippen LogP contribution >= 0.6 is 0 Å². The Balaban J connectivity index is 2.28. The summed E-state index contributed by atoms with van der Waals surface area (Å²) in [6.45, 7) is 0.210. The van der Waals surface area contributed by atoms with Crippen LogP contribution in [0.2, 0.25) is 0 Å². The topological polar surface area (TPSA) is 68.0 Å². The Labute approximate surface area is 115 Å². The van der Waals surface area contributed by atoms with E-state index in [1.54, 1.807) is 19.1 Å². The molecule has 0 radical (unpaired) electrons. The number of carbonyl (C=O) groups is 1. The van der Waals surface area contributed by atoms with Crippen LogP contribution in [0.5, 0.6) is 0 Å². The number of halogens is 2. The van der Waals surface area contributed by atoms with Crippen LogP contribution in [0, 0.1) is 6.92 Å². The zero-order valence-corrected chi connectivity index (χ0v) is 11.0. The number of nitrogens with two attached hydrogens (primary N) is 1. The minimum absolute atomic E-state index is 0.277. The average molecular weight is 279 g/mol. The molecule has 0 saturated carbocycles. The predicted molar refractivity (Wildman–Crippen MR) is 72.8 cm³/mol. The van der Waals surface area contributed by atoms with Gasteiger partial charge in [0.1, 0.15) is 0 Å². The molecule has 0 unspecified atom stereocenters. The fraction of sp³-hybridized carbons (Fsp3) is 0.286. The number of para-hydroxylation sites is 1. The fourth-order valence-corrected chi connectivity index (χ4v) is 1.80. The quantitative estimate of drug-likeness (QED) is 0.897. The zero-order chi connectivity index (χ0) is 14.8.